The van der Waals surface area contributed by atoms with Crippen molar-refractivity contribution in [3.8, 4) is 0 Å². The summed E-state index contributed by atoms with van der Waals surface area (Å²) in [5.41, 5.74) is 0. The van der Waals surface area contributed by atoms with Gasteiger partial charge in [-0.2, -0.15) is 0 Å². The molecule has 0 rings (SSSR count). The lowest BCUT2D eigenvalue weighted by molar-refractivity contribution is -0.934. The van der Waals surface area contributed by atoms with Crippen molar-refractivity contribution in [1.82, 2.24) is 0 Å². The van der Waals surface area contributed by atoms with Crippen molar-refractivity contribution in [2.45, 2.75) is 118 Å². The number of nitrogens with zero attached hydrogens (tertiary/aromatic N) is 1. The smallest absolute Gasteiger partial charge is 0.311 e. The van der Waals surface area contributed by atoms with Crippen LogP contribution in [0.1, 0.15) is 118 Å². The number of hydrogen-bond donors (Lipinski definition) is 3. The van der Waals surface area contributed by atoms with Crippen molar-refractivity contribution < 1.29 is 34.2 Å². The highest BCUT2D eigenvalue weighted by molar-refractivity contribution is 5.70. The van der Waals surface area contributed by atoms with E-state index in [0.717, 1.165) is 32.1 Å². The van der Waals surface area contributed by atoms with Crippen LogP contribution < -0.4 is 0 Å². The minimum Gasteiger partial charge on any atom is -0.481 e. The Balaban J connectivity index is 4.53. The van der Waals surface area contributed by atoms with Gasteiger partial charge in [0.05, 0.1) is 26.2 Å². The summed E-state index contributed by atoms with van der Waals surface area (Å²) < 4.78 is 0.222. The molecule has 0 aromatic rings. The fraction of sp³-hybridized carbons (Fsp3) is 0.833. The molecule has 7 heteroatoms. The minimum atomic E-state index is -0.935. The SMILES string of the molecule is CCCCCCC/C=C/CCCCCCCCC[N+](CC(C)C(=O)O)(CC(C)C(=O)O)CC(C)C(=O)O. The van der Waals surface area contributed by atoms with Crippen LogP contribution in [-0.2, 0) is 14.4 Å². The second-order valence-electron chi connectivity index (χ2n) is 11.3. The molecule has 216 valence electrons. The average Bonchev–Trinajstić information content (AvgIpc) is 2.83. The van der Waals surface area contributed by atoms with Crippen LogP contribution in [0.2, 0.25) is 0 Å². The molecule has 0 heterocycles. The lowest BCUT2D eigenvalue weighted by Crippen LogP contribution is -2.57. The van der Waals surface area contributed by atoms with Gasteiger partial charge in [-0.05, 0) is 59.3 Å². The molecule has 0 aromatic heterocycles. The summed E-state index contributed by atoms with van der Waals surface area (Å²) in [6.45, 7) is 8.45. The van der Waals surface area contributed by atoms with Crippen molar-refractivity contribution >= 4 is 17.9 Å². The monoisotopic (exact) mass is 526 g/mol. The van der Waals surface area contributed by atoms with E-state index < -0.39 is 35.7 Å². The fourth-order valence-corrected chi connectivity index (χ4v) is 5.17. The number of carbonyl (C=O) groups is 3. The standard InChI is InChI=1S/C30H55NO6/c1-5-6-7-8-9-10-11-12-13-14-15-16-17-18-19-20-21-31(22-25(2)28(32)33,23-26(3)29(34)35)24-27(4)30(36)37/h11-12,25-27H,5-10,13-24H2,1-4H3,(H2-,32,33,34,35,36,37)/p+1/b12-11+. The molecule has 3 unspecified atom stereocenters. The maximum atomic E-state index is 11.6. The van der Waals surface area contributed by atoms with E-state index in [0.29, 0.717) is 6.54 Å². The van der Waals surface area contributed by atoms with Crippen molar-refractivity contribution in [3.63, 3.8) is 0 Å². The quantitative estimate of drug-likeness (QED) is 0.0670. The minimum absolute atomic E-state index is 0.222. The van der Waals surface area contributed by atoms with Crippen molar-refractivity contribution in [3.05, 3.63) is 12.2 Å². The molecule has 0 fully saturated rings. The predicted octanol–water partition coefficient (Wildman–Crippen LogP) is 7.00. The van der Waals surface area contributed by atoms with Gasteiger partial charge < -0.3 is 19.8 Å². The number of allylic oxidation sites excluding steroid dienone is 2. The Bertz CT molecular complexity index is 607. The van der Waals surface area contributed by atoms with E-state index in [4.69, 9.17) is 0 Å². The van der Waals surface area contributed by atoms with Gasteiger partial charge in [0.2, 0.25) is 0 Å². The van der Waals surface area contributed by atoms with Gasteiger partial charge in [-0.25, -0.2) is 0 Å². The maximum Gasteiger partial charge on any atom is 0.311 e. The molecule has 0 aromatic carbocycles. The molecular formula is C30H56NO6+. The lowest BCUT2D eigenvalue weighted by Gasteiger charge is -2.42. The van der Waals surface area contributed by atoms with Gasteiger partial charge in [-0.15, -0.1) is 0 Å². The zero-order valence-corrected chi connectivity index (χ0v) is 24.1. The molecular weight excluding hydrogens is 470 g/mol. The van der Waals surface area contributed by atoms with Crippen molar-refractivity contribution in [1.29, 1.82) is 0 Å². The summed E-state index contributed by atoms with van der Waals surface area (Å²) in [6, 6.07) is 0. The summed E-state index contributed by atoms with van der Waals surface area (Å²) in [4.78, 5) is 34.8. The largest absolute Gasteiger partial charge is 0.481 e. The van der Waals surface area contributed by atoms with Crippen LogP contribution in [0.5, 0.6) is 0 Å². The van der Waals surface area contributed by atoms with Gasteiger partial charge in [-0.3, -0.25) is 14.4 Å². The normalized spacial score (nSPS) is 15.8. The lowest BCUT2D eigenvalue weighted by atomic mass is 10.0. The number of carboxylic acids is 3. The molecule has 0 bridgehead atoms. The highest BCUT2D eigenvalue weighted by Gasteiger charge is 2.38. The number of hydrogen-bond acceptors (Lipinski definition) is 3. The summed E-state index contributed by atoms with van der Waals surface area (Å²) in [5.74, 6) is -4.81. The van der Waals surface area contributed by atoms with Gasteiger partial charge >= 0.3 is 17.9 Å². The predicted molar refractivity (Wildman–Crippen MR) is 150 cm³/mol. The summed E-state index contributed by atoms with van der Waals surface area (Å²) >= 11 is 0. The molecule has 0 spiro atoms. The van der Waals surface area contributed by atoms with Crippen molar-refractivity contribution in [2.24, 2.45) is 17.8 Å². The molecule has 3 atom stereocenters. The molecule has 37 heavy (non-hydrogen) atoms. The Labute approximate surface area is 225 Å². The van der Waals surface area contributed by atoms with Crippen LogP contribution in [0.3, 0.4) is 0 Å². The molecule has 0 aliphatic heterocycles. The Morgan fingerprint density at radius 2 is 0.892 bits per heavy atom. The first-order valence-corrected chi connectivity index (χ1v) is 14.7. The zero-order valence-electron chi connectivity index (χ0n) is 24.1. The zero-order chi connectivity index (χ0) is 28.1. The fourth-order valence-electron chi connectivity index (χ4n) is 5.17. The molecule has 3 N–H and O–H groups in total. The number of unbranched alkanes of at least 4 members (excludes halogenated alkanes) is 12. The van der Waals surface area contributed by atoms with Crippen LogP contribution in [0.25, 0.3) is 0 Å². The van der Waals surface area contributed by atoms with Crippen LogP contribution >= 0.6 is 0 Å². The van der Waals surface area contributed by atoms with E-state index in [2.05, 4.69) is 19.1 Å². The van der Waals surface area contributed by atoms with Crippen LogP contribution in [0.4, 0.5) is 0 Å². The maximum absolute atomic E-state index is 11.6. The Kier molecular flexibility index (Phi) is 20.0. The second kappa shape index (κ2) is 21.1. The van der Waals surface area contributed by atoms with Crippen LogP contribution in [0, 0.1) is 17.8 Å². The van der Waals surface area contributed by atoms with Gasteiger partial charge in [0, 0.05) is 0 Å². The Hall–Kier alpha value is -1.89. The first kappa shape index (κ1) is 35.1. The third-order valence-electron chi connectivity index (χ3n) is 7.39. The van der Waals surface area contributed by atoms with E-state index in [-0.39, 0.29) is 24.1 Å². The van der Waals surface area contributed by atoms with Crippen LogP contribution in [0.15, 0.2) is 12.2 Å². The molecule has 7 nitrogen and oxygen atoms in total. The summed E-state index contributed by atoms with van der Waals surface area (Å²) in [7, 11) is 0. The molecule has 0 aliphatic rings. The first-order valence-electron chi connectivity index (χ1n) is 14.7. The molecule has 0 amide bonds. The molecule has 0 radical (unpaired) electrons. The Morgan fingerprint density at radius 3 is 1.24 bits per heavy atom. The van der Waals surface area contributed by atoms with Gasteiger partial charge in [0.1, 0.15) is 17.8 Å². The third-order valence-corrected chi connectivity index (χ3v) is 7.39. The van der Waals surface area contributed by atoms with Gasteiger partial charge in [0.25, 0.3) is 0 Å². The van der Waals surface area contributed by atoms with Gasteiger partial charge in [0.15, 0.2) is 0 Å². The number of quaternary nitrogens is 1. The van der Waals surface area contributed by atoms with E-state index in [1.807, 2.05) is 0 Å². The number of rotatable bonds is 25. The Morgan fingerprint density at radius 1 is 0.568 bits per heavy atom. The highest BCUT2D eigenvalue weighted by Crippen LogP contribution is 2.22. The topological polar surface area (TPSA) is 112 Å². The summed E-state index contributed by atoms with van der Waals surface area (Å²) in [5, 5.41) is 28.5. The number of carboxylic acid groups (broad SMARTS) is 3. The van der Waals surface area contributed by atoms with E-state index in [9.17, 15) is 29.7 Å². The highest BCUT2D eigenvalue weighted by atomic mass is 16.4. The molecule has 0 saturated heterocycles. The van der Waals surface area contributed by atoms with Gasteiger partial charge in [-0.1, -0.05) is 70.4 Å². The number of aliphatic carboxylic acids is 3. The molecule has 0 saturated carbocycles. The third kappa shape index (κ3) is 18.1. The van der Waals surface area contributed by atoms with E-state index >= 15 is 0 Å². The van der Waals surface area contributed by atoms with E-state index in [1.165, 1.54) is 57.8 Å². The van der Waals surface area contributed by atoms with Crippen molar-refractivity contribution in [2.75, 3.05) is 26.2 Å². The van der Waals surface area contributed by atoms with Crippen LogP contribution in [-0.4, -0.2) is 63.9 Å². The first-order chi connectivity index (χ1) is 17.5. The summed E-state index contributed by atoms with van der Waals surface area (Å²) in [6.07, 6.45) is 21.4. The molecule has 0 aliphatic carbocycles. The second-order valence-corrected chi connectivity index (χ2v) is 11.3. The van der Waals surface area contributed by atoms with E-state index in [1.54, 1.807) is 20.8 Å². The average molecular weight is 527 g/mol.